The Hall–Kier alpha value is -4.70. The van der Waals surface area contributed by atoms with Crippen molar-refractivity contribution in [3.63, 3.8) is 0 Å². The van der Waals surface area contributed by atoms with Crippen LogP contribution in [0.1, 0.15) is 87.0 Å². The highest BCUT2D eigenvalue weighted by molar-refractivity contribution is 5.97. The second-order valence-corrected chi connectivity index (χ2v) is 13.9. The Morgan fingerprint density at radius 2 is 1.77 bits per heavy atom. The number of anilines is 1. The number of allylic oxidation sites excluding steroid dienone is 1. The standard InChI is InChI=1S/C37H46N8O2/c1-24-12-14-26(15-13-24)39-33(21-32(38)37(2,3)4)41-36(46)40-30-17-18-31(29-11-7-6-10-28(29)30)47-27-16-19-34-42-43-35(45(34)23-27)25-9-8-20-44(5)22-25/h6-7,10-16,19,21,23,25,30-31,38-39H,8-9,17-18,20,22H2,1-5H3,(H2,40,41,46)/b33-21+,38-32?/t25-,30+,31-/m1/s1. The van der Waals surface area contributed by atoms with Crippen LogP contribution in [0, 0.1) is 17.7 Å². The molecular formula is C37H46N8O2. The van der Waals surface area contributed by atoms with Crippen LogP contribution >= 0.6 is 0 Å². The molecule has 3 heterocycles. The summed E-state index contributed by atoms with van der Waals surface area (Å²) < 4.78 is 8.71. The van der Waals surface area contributed by atoms with Crippen molar-refractivity contribution in [3.05, 3.63) is 101 Å². The normalized spacial score (nSPS) is 20.4. The van der Waals surface area contributed by atoms with Gasteiger partial charge in [0.05, 0.1) is 12.2 Å². The van der Waals surface area contributed by atoms with Gasteiger partial charge in [0.1, 0.15) is 23.5 Å². The molecule has 0 spiro atoms. The van der Waals surface area contributed by atoms with Gasteiger partial charge in [-0.2, -0.15) is 0 Å². The largest absolute Gasteiger partial charge is 0.484 e. The first-order chi connectivity index (χ1) is 22.5. The molecule has 2 aromatic heterocycles. The molecule has 4 N–H and O–H groups in total. The summed E-state index contributed by atoms with van der Waals surface area (Å²) in [6, 6.07) is 19.5. The van der Waals surface area contributed by atoms with Crippen LogP contribution in [0.4, 0.5) is 10.5 Å². The molecule has 2 aromatic carbocycles. The van der Waals surface area contributed by atoms with Gasteiger partial charge in [-0.1, -0.05) is 62.7 Å². The Labute approximate surface area is 277 Å². The number of ether oxygens (including phenoxy) is 1. The average Bonchev–Trinajstić information content (AvgIpc) is 3.46. The number of likely N-dealkylation sites (tertiary alicyclic amines) is 1. The van der Waals surface area contributed by atoms with Crippen molar-refractivity contribution in [2.24, 2.45) is 5.41 Å². The third-order valence-electron chi connectivity index (χ3n) is 9.09. The summed E-state index contributed by atoms with van der Waals surface area (Å²) in [7, 11) is 2.16. The molecule has 1 aliphatic heterocycles. The van der Waals surface area contributed by atoms with E-state index >= 15 is 0 Å². The van der Waals surface area contributed by atoms with Crippen LogP contribution in [0.25, 0.3) is 5.65 Å². The molecule has 2 aliphatic rings. The number of benzene rings is 2. The quantitative estimate of drug-likeness (QED) is 0.153. The van der Waals surface area contributed by atoms with Gasteiger partial charge in [-0.25, -0.2) is 4.79 Å². The van der Waals surface area contributed by atoms with Crippen LogP contribution in [-0.2, 0) is 0 Å². The molecule has 1 fully saturated rings. The summed E-state index contributed by atoms with van der Waals surface area (Å²) in [6.45, 7) is 10.1. The van der Waals surface area contributed by atoms with Gasteiger partial charge in [0.25, 0.3) is 0 Å². The maximum absolute atomic E-state index is 13.4. The molecule has 2 amide bonds. The minimum atomic E-state index is -0.372. The number of amides is 2. The first kappa shape index (κ1) is 32.2. The van der Waals surface area contributed by atoms with E-state index in [4.69, 9.17) is 10.1 Å². The summed E-state index contributed by atoms with van der Waals surface area (Å²) in [5.74, 6) is 2.54. The van der Waals surface area contributed by atoms with Gasteiger partial charge in [0, 0.05) is 35.4 Å². The minimum Gasteiger partial charge on any atom is -0.484 e. The fraction of sp³-hybridized carbons (Fsp3) is 0.405. The van der Waals surface area contributed by atoms with Crippen molar-refractivity contribution in [3.8, 4) is 5.75 Å². The number of urea groups is 1. The van der Waals surface area contributed by atoms with E-state index in [-0.39, 0.29) is 23.6 Å². The van der Waals surface area contributed by atoms with Gasteiger partial charge < -0.3 is 25.7 Å². The number of hydrogen-bond acceptors (Lipinski definition) is 7. The first-order valence-electron chi connectivity index (χ1n) is 16.5. The van der Waals surface area contributed by atoms with Gasteiger partial charge in [-0.15, -0.1) is 10.2 Å². The molecule has 6 rings (SSSR count). The zero-order valence-corrected chi connectivity index (χ0v) is 28.0. The fourth-order valence-electron chi connectivity index (χ4n) is 6.37. The molecule has 10 nitrogen and oxygen atoms in total. The van der Waals surface area contributed by atoms with Gasteiger partial charge >= 0.3 is 6.03 Å². The van der Waals surface area contributed by atoms with Gasteiger partial charge in [0.2, 0.25) is 0 Å². The van der Waals surface area contributed by atoms with E-state index in [1.54, 1.807) is 6.08 Å². The highest BCUT2D eigenvalue weighted by Crippen LogP contribution is 2.39. The van der Waals surface area contributed by atoms with Gasteiger partial charge in [-0.05, 0) is 81.6 Å². The highest BCUT2D eigenvalue weighted by Gasteiger charge is 2.30. The van der Waals surface area contributed by atoms with Crippen molar-refractivity contribution in [2.45, 2.75) is 71.4 Å². The van der Waals surface area contributed by atoms with Crippen molar-refractivity contribution >= 4 is 23.1 Å². The van der Waals surface area contributed by atoms with E-state index < -0.39 is 0 Å². The van der Waals surface area contributed by atoms with Crippen molar-refractivity contribution in [1.29, 1.82) is 5.41 Å². The predicted molar refractivity (Wildman–Crippen MR) is 186 cm³/mol. The molecule has 4 aromatic rings. The van der Waals surface area contributed by atoms with E-state index in [0.29, 0.717) is 23.9 Å². The lowest BCUT2D eigenvalue weighted by atomic mass is 9.85. The van der Waals surface area contributed by atoms with E-state index in [2.05, 4.69) is 54.6 Å². The summed E-state index contributed by atoms with van der Waals surface area (Å²) in [5.41, 5.74) is 4.92. The van der Waals surface area contributed by atoms with E-state index in [9.17, 15) is 4.79 Å². The monoisotopic (exact) mass is 634 g/mol. The number of piperidine rings is 1. The summed E-state index contributed by atoms with van der Waals surface area (Å²) in [4.78, 5) is 15.8. The minimum absolute atomic E-state index is 0.156. The molecule has 47 heavy (non-hydrogen) atoms. The maximum atomic E-state index is 13.4. The summed E-state index contributed by atoms with van der Waals surface area (Å²) in [5, 5.41) is 27.0. The lowest BCUT2D eigenvalue weighted by Gasteiger charge is -2.32. The van der Waals surface area contributed by atoms with Crippen molar-refractivity contribution in [1.82, 2.24) is 30.1 Å². The highest BCUT2D eigenvalue weighted by atomic mass is 16.5. The summed E-state index contributed by atoms with van der Waals surface area (Å²) >= 11 is 0. The smallest absolute Gasteiger partial charge is 0.320 e. The van der Waals surface area contributed by atoms with E-state index in [0.717, 1.165) is 72.0 Å². The topological polar surface area (TPSA) is 120 Å². The van der Waals surface area contributed by atoms with Crippen molar-refractivity contribution < 1.29 is 9.53 Å². The molecular weight excluding hydrogens is 588 g/mol. The lowest BCUT2D eigenvalue weighted by molar-refractivity contribution is 0.171. The molecule has 3 atom stereocenters. The fourth-order valence-corrected chi connectivity index (χ4v) is 6.37. The van der Waals surface area contributed by atoms with E-state index in [1.807, 2.05) is 82.4 Å². The van der Waals surface area contributed by atoms with Crippen molar-refractivity contribution in [2.75, 3.05) is 25.5 Å². The average molecular weight is 635 g/mol. The van der Waals surface area contributed by atoms with Gasteiger partial charge in [0.15, 0.2) is 5.65 Å². The number of likely N-dealkylation sites (N-methyl/N-ethyl adjacent to an activating group) is 1. The van der Waals surface area contributed by atoms with Gasteiger partial charge in [-0.3, -0.25) is 9.72 Å². The second kappa shape index (κ2) is 13.6. The number of pyridine rings is 1. The third-order valence-corrected chi connectivity index (χ3v) is 9.09. The van der Waals surface area contributed by atoms with E-state index in [1.165, 1.54) is 0 Å². The Morgan fingerprint density at radius 1 is 1.00 bits per heavy atom. The molecule has 0 bridgehead atoms. The number of fused-ring (bicyclic) bond motifs is 2. The Bertz CT molecular complexity index is 1770. The SMILES string of the molecule is Cc1ccc(N/C(=C\C(=N)C(C)(C)C)NC(=O)N[C@H]2CC[C@@H](Oc3ccc4nnc([C@@H]5CCCN(C)C5)n4c3)c3ccccc32)cc1. The Balaban J connectivity index is 1.17. The number of carbonyl (C=O) groups excluding carboxylic acids is 1. The van der Waals surface area contributed by atoms with Crippen LogP contribution in [0.3, 0.4) is 0 Å². The van der Waals surface area contributed by atoms with Crippen LogP contribution in [-0.4, -0.2) is 51.4 Å². The molecule has 0 saturated carbocycles. The lowest BCUT2D eigenvalue weighted by Crippen LogP contribution is -2.41. The molecule has 0 unspecified atom stereocenters. The Morgan fingerprint density at radius 3 is 2.51 bits per heavy atom. The number of rotatable bonds is 8. The number of hydrogen-bond donors (Lipinski definition) is 4. The molecule has 1 saturated heterocycles. The van der Waals surface area contributed by atoms with Crippen LogP contribution in [0.2, 0.25) is 0 Å². The van der Waals surface area contributed by atoms with Crippen LogP contribution < -0.4 is 20.7 Å². The summed E-state index contributed by atoms with van der Waals surface area (Å²) in [6.07, 6.45) is 7.25. The number of nitrogens with zero attached hydrogens (tertiary/aromatic N) is 4. The number of aromatic nitrogens is 3. The zero-order chi connectivity index (χ0) is 33.1. The predicted octanol–water partition coefficient (Wildman–Crippen LogP) is 7.12. The zero-order valence-electron chi connectivity index (χ0n) is 28.0. The third kappa shape index (κ3) is 7.65. The first-order valence-corrected chi connectivity index (χ1v) is 16.5. The number of carbonyl (C=O) groups is 1. The number of nitrogens with one attached hydrogen (secondary N) is 4. The second-order valence-electron chi connectivity index (χ2n) is 13.9. The molecule has 246 valence electrons. The molecule has 0 radical (unpaired) electrons. The Kier molecular flexibility index (Phi) is 9.31. The molecule has 1 aliphatic carbocycles. The van der Waals surface area contributed by atoms with Crippen LogP contribution in [0.15, 0.2) is 78.8 Å². The number of aryl methyl sites for hydroxylation is 1. The maximum Gasteiger partial charge on any atom is 0.320 e. The molecule has 10 heteroatoms. The van der Waals surface area contributed by atoms with Crippen LogP contribution in [0.5, 0.6) is 5.75 Å².